The molecule has 22 heavy (non-hydrogen) atoms. The molecule has 2 rings (SSSR count). The van der Waals surface area contributed by atoms with E-state index in [1.165, 1.54) is 12.1 Å². The number of carbonyl (C=O) groups excluding carboxylic acids is 1. The van der Waals surface area contributed by atoms with Crippen LogP contribution in [0.3, 0.4) is 0 Å². The minimum absolute atomic E-state index is 0.0491. The van der Waals surface area contributed by atoms with E-state index in [1.807, 2.05) is 31.5 Å². The zero-order chi connectivity index (χ0) is 16.3. The second-order valence-electron chi connectivity index (χ2n) is 5.36. The van der Waals surface area contributed by atoms with Gasteiger partial charge in [0.15, 0.2) is 0 Å². The molecule has 2 aromatic rings. The summed E-state index contributed by atoms with van der Waals surface area (Å²) in [5.74, 6) is -1.13. The fourth-order valence-electron chi connectivity index (χ4n) is 2.36. The van der Waals surface area contributed by atoms with Gasteiger partial charge in [0, 0.05) is 17.8 Å². The lowest BCUT2D eigenvalue weighted by atomic mass is 10.2. The third-order valence-corrected chi connectivity index (χ3v) is 3.36. The first-order valence-corrected chi connectivity index (χ1v) is 7.03. The van der Waals surface area contributed by atoms with Gasteiger partial charge >= 0.3 is 5.97 Å². The zero-order valence-electron chi connectivity index (χ0n) is 12.8. The van der Waals surface area contributed by atoms with Gasteiger partial charge in [-0.05, 0) is 51.1 Å². The molecule has 1 aromatic heterocycles. The van der Waals surface area contributed by atoms with Crippen LogP contribution >= 0.6 is 0 Å². The first-order chi connectivity index (χ1) is 10.4. The van der Waals surface area contributed by atoms with Crippen LogP contribution in [-0.2, 0) is 4.79 Å². The number of rotatable bonds is 5. The molecule has 0 fully saturated rings. The summed E-state index contributed by atoms with van der Waals surface area (Å²) in [6.07, 6.45) is 0.294. The number of aryl methyl sites for hydroxylation is 2. The highest BCUT2D eigenvalue weighted by Gasteiger charge is 2.14. The lowest BCUT2D eigenvalue weighted by molar-refractivity contribution is -0.116. The van der Waals surface area contributed by atoms with Crippen LogP contribution < -0.4 is 5.32 Å². The maximum Gasteiger partial charge on any atom is 0.335 e. The lowest BCUT2D eigenvalue weighted by Crippen LogP contribution is -2.19. The molecule has 6 nitrogen and oxygen atoms in total. The van der Waals surface area contributed by atoms with Crippen molar-refractivity contribution in [2.45, 2.75) is 33.2 Å². The van der Waals surface area contributed by atoms with Crippen LogP contribution in [0.1, 0.15) is 41.1 Å². The molecule has 1 amide bonds. The van der Waals surface area contributed by atoms with E-state index in [2.05, 4.69) is 10.4 Å². The van der Waals surface area contributed by atoms with E-state index in [0.717, 1.165) is 11.4 Å². The molecule has 6 heteroatoms. The van der Waals surface area contributed by atoms with Crippen molar-refractivity contribution in [3.63, 3.8) is 0 Å². The van der Waals surface area contributed by atoms with Gasteiger partial charge in [-0.25, -0.2) is 4.79 Å². The van der Waals surface area contributed by atoms with Gasteiger partial charge < -0.3 is 10.4 Å². The predicted octanol–water partition coefficient (Wildman–Crippen LogP) is 2.79. The van der Waals surface area contributed by atoms with E-state index in [0.29, 0.717) is 12.1 Å². The van der Waals surface area contributed by atoms with Gasteiger partial charge in [-0.15, -0.1) is 0 Å². The van der Waals surface area contributed by atoms with Gasteiger partial charge in [0.05, 0.1) is 17.3 Å². The number of hydrogen-bond donors (Lipinski definition) is 2. The van der Waals surface area contributed by atoms with Crippen LogP contribution in [0.2, 0.25) is 0 Å². The minimum Gasteiger partial charge on any atom is -0.478 e. The molecule has 1 aromatic carbocycles. The molecular formula is C16H19N3O3. The quantitative estimate of drug-likeness (QED) is 0.889. The van der Waals surface area contributed by atoms with Gasteiger partial charge in [-0.3, -0.25) is 9.48 Å². The van der Waals surface area contributed by atoms with Gasteiger partial charge in [-0.2, -0.15) is 5.10 Å². The summed E-state index contributed by atoms with van der Waals surface area (Å²) in [4.78, 5) is 22.8. The standard InChI is InChI=1S/C16H19N3O3/c1-10-8-11(2)19(18-10)12(3)9-15(20)17-14-6-4-13(5-7-14)16(21)22/h4-8,12H,9H2,1-3H3,(H,17,20)(H,21,22). The number of nitrogens with zero attached hydrogens (tertiary/aromatic N) is 2. The average Bonchev–Trinajstić information content (AvgIpc) is 2.78. The third kappa shape index (κ3) is 3.72. The maximum atomic E-state index is 12.1. The number of aromatic carboxylic acids is 1. The molecule has 116 valence electrons. The van der Waals surface area contributed by atoms with E-state index in [-0.39, 0.29) is 17.5 Å². The lowest BCUT2D eigenvalue weighted by Gasteiger charge is -2.14. The number of benzene rings is 1. The zero-order valence-corrected chi connectivity index (χ0v) is 12.8. The molecule has 0 saturated heterocycles. The molecule has 0 saturated carbocycles. The van der Waals surface area contributed by atoms with Crippen molar-refractivity contribution >= 4 is 17.6 Å². The largest absolute Gasteiger partial charge is 0.478 e. The predicted molar refractivity (Wildman–Crippen MR) is 83.1 cm³/mol. The maximum absolute atomic E-state index is 12.1. The van der Waals surface area contributed by atoms with Crippen LogP contribution in [0.25, 0.3) is 0 Å². The fourth-order valence-corrected chi connectivity index (χ4v) is 2.36. The Bertz CT molecular complexity index is 689. The third-order valence-electron chi connectivity index (χ3n) is 3.36. The molecule has 1 unspecified atom stereocenters. The number of carboxylic acids is 1. The summed E-state index contributed by atoms with van der Waals surface area (Å²) >= 11 is 0. The molecule has 0 spiro atoms. The van der Waals surface area contributed by atoms with Crippen molar-refractivity contribution in [2.75, 3.05) is 5.32 Å². The van der Waals surface area contributed by atoms with Gasteiger partial charge in [-0.1, -0.05) is 0 Å². The highest BCUT2D eigenvalue weighted by atomic mass is 16.4. The summed E-state index contributed by atoms with van der Waals surface area (Å²) in [6.45, 7) is 5.81. The topological polar surface area (TPSA) is 84.2 Å². The molecule has 1 heterocycles. The van der Waals surface area contributed by atoms with E-state index >= 15 is 0 Å². The summed E-state index contributed by atoms with van der Waals surface area (Å²) in [7, 11) is 0. The van der Waals surface area contributed by atoms with Crippen molar-refractivity contribution in [2.24, 2.45) is 0 Å². The summed E-state index contributed by atoms with van der Waals surface area (Å²) in [6, 6.07) is 8.00. The Balaban J connectivity index is 1.97. The monoisotopic (exact) mass is 301 g/mol. The van der Waals surface area contributed by atoms with E-state index in [4.69, 9.17) is 5.11 Å². The molecule has 2 N–H and O–H groups in total. The number of carboxylic acid groups (broad SMARTS) is 1. The molecule has 0 aliphatic carbocycles. The van der Waals surface area contributed by atoms with E-state index in [1.54, 1.807) is 12.1 Å². The van der Waals surface area contributed by atoms with Crippen LogP contribution in [-0.4, -0.2) is 26.8 Å². The highest BCUT2D eigenvalue weighted by Crippen LogP contribution is 2.16. The molecule has 0 aliphatic heterocycles. The normalized spacial score (nSPS) is 12.0. The SMILES string of the molecule is Cc1cc(C)n(C(C)CC(=O)Nc2ccc(C(=O)O)cc2)n1. The average molecular weight is 301 g/mol. The number of aromatic nitrogens is 2. The van der Waals surface area contributed by atoms with Crippen LogP contribution in [0.15, 0.2) is 30.3 Å². The smallest absolute Gasteiger partial charge is 0.335 e. The van der Waals surface area contributed by atoms with E-state index in [9.17, 15) is 9.59 Å². The minimum atomic E-state index is -0.990. The van der Waals surface area contributed by atoms with Crippen LogP contribution in [0, 0.1) is 13.8 Å². The summed E-state index contributed by atoms with van der Waals surface area (Å²) in [5, 5.41) is 16.0. The first-order valence-electron chi connectivity index (χ1n) is 7.03. The van der Waals surface area contributed by atoms with Crippen molar-refractivity contribution in [1.29, 1.82) is 0 Å². The second kappa shape index (κ2) is 6.43. The second-order valence-corrected chi connectivity index (χ2v) is 5.36. The van der Waals surface area contributed by atoms with Crippen molar-refractivity contribution < 1.29 is 14.7 Å². The first kappa shape index (κ1) is 15.8. The Hall–Kier alpha value is -2.63. The van der Waals surface area contributed by atoms with Crippen molar-refractivity contribution in [3.8, 4) is 0 Å². The number of anilines is 1. The van der Waals surface area contributed by atoms with Crippen LogP contribution in [0.4, 0.5) is 5.69 Å². The van der Waals surface area contributed by atoms with E-state index < -0.39 is 5.97 Å². The van der Waals surface area contributed by atoms with Gasteiger partial charge in [0.2, 0.25) is 5.91 Å². The molecule has 0 radical (unpaired) electrons. The Morgan fingerprint density at radius 3 is 2.41 bits per heavy atom. The highest BCUT2D eigenvalue weighted by molar-refractivity contribution is 5.92. The van der Waals surface area contributed by atoms with Crippen molar-refractivity contribution in [1.82, 2.24) is 9.78 Å². The Morgan fingerprint density at radius 1 is 1.27 bits per heavy atom. The fraction of sp³-hybridized carbons (Fsp3) is 0.312. The van der Waals surface area contributed by atoms with Gasteiger partial charge in [0.25, 0.3) is 0 Å². The number of carbonyl (C=O) groups is 2. The van der Waals surface area contributed by atoms with Crippen molar-refractivity contribution in [3.05, 3.63) is 47.3 Å². The Kier molecular flexibility index (Phi) is 4.60. The molecule has 0 aliphatic rings. The number of hydrogen-bond acceptors (Lipinski definition) is 3. The molecule has 1 atom stereocenters. The molecule has 0 bridgehead atoms. The molecular weight excluding hydrogens is 282 g/mol. The number of nitrogens with one attached hydrogen (secondary N) is 1. The summed E-state index contributed by atoms with van der Waals surface area (Å²) < 4.78 is 1.84. The van der Waals surface area contributed by atoms with Gasteiger partial charge in [0.1, 0.15) is 0 Å². The van der Waals surface area contributed by atoms with Crippen LogP contribution in [0.5, 0.6) is 0 Å². The Morgan fingerprint density at radius 2 is 1.91 bits per heavy atom. The number of amides is 1. The Labute approximate surface area is 128 Å². The summed E-state index contributed by atoms with van der Waals surface area (Å²) in [5.41, 5.74) is 2.71.